The van der Waals surface area contributed by atoms with Crippen molar-refractivity contribution >= 4 is 17.4 Å². The molecule has 0 bridgehead atoms. The molecule has 1 saturated carbocycles. The number of imidazole rings is 1. The fourth-order valence-electron chi connectivity index (χ4n) is 3.12. The normalized spacial score (nSPS) is 21.3. The first-order valence-corrected chi connectivity index (χ1v) is 8.76. The van der Waals surface area contributed by atoms with Crippen LogP contribution in [0.2, 0.25) is 0 Å². The van der Waals surface area contributed by atoms with Gasteiger partial charge in [-0.3, -0.25) is 0 Å². The number of carbonyl (C=O) groups is 1. The minimum absolute atomic E-state index is 0.137. The molecule has 6 nitrogen and oxygen atoms in total. The van der Waals surface area contributed by atoms with Crippen molar-refractivity contribution in [2.75, 3.05) is 0 Å². The van der Waals surface area contributed by atoms with Crippen molar-refractivity contribution in [3.8, 4) is 0 Å². The number of thiazole rings is 1. The summed E-state index contributed by atoms with van der Waals surface area (Å²) in [5.74, 6) is 0. The standard InChI is InChI=1S/C16H23N5OS/c1-11-9-18-14(23-11)16(2,3)20-15(22)19-12-5-4-6-13(12)21-8-7-17-10-21/h7-10,12-13H,4-6H2,1-3H3,(H2,19,20,22). The monoisotopic (exact) mass is 333 g/mol. The van der Waals surface area contributed by atoms with Gasteiger partial charge in [0.05, 0.1) is 23.9 Å². The molecule has 2 aromatic rings. The van der Waals surface area contributed by atoms with Gasteiger partial charge in [-0.05, 0) is 40.0 Å². The van der Waals surface area contributed by atoms with Crippen LogP contribution in [0.1, 0.15) is 49.0 Å². The third-order valence-electron chi connectivity index (χ3n) is 4.29. The Balaban J connectivity index is 1.62. The molecule has 7 heteroatoms. The summed E-state index contributed by atoms with van der Waals surface area (Å²) in [6.07, 6.45) is 10.6. The predicted octanol–water partition coefficient (Wildman–Crippen LogP) is 2.98. The second-order valence-electron chi connectivity index (χ2n) is 6.61. The van der Waals surface area contributed by atoms with Gasteiger partial charge in [-0.25, -0.2) is 14.8 Å². The Morgan fingerprint density at radius 3 is 2.91 bits per heavy atom. The lowest BCUT2D eigenvalue weighted by Crippen LogP contribution is -2.50. The number of carbonyl (C=O) groups excluding carboxylic acids is 1. The molecule has 2 atom stereocenters. The van der Waals surface area contributed by atoms with E-state index in [9.17, 15) is 4.79 Å². The Morgan fingerprint density at radius 1 is 1.43 bits per heavy atom. The number of hydrogen-bond acceptors (Lipinski definition) is 4. The van der Waals surface area contributed by atoms with Crippen LogP contribution in [-0.2, 0) is 5.54 Å². The maximum absolute atomic E-state index is 12.4. The molecule has 0 spiro atoms. The Hall–Kier alpha value is -1.89. The van der Waals surface area contributed by atoms with E-state index in [1.54, 1.807) is 17.5 Å². The van der Waals surface area contributed by atoms with E-state index in [1.807, 2.05) is 39.5 Å². The van der Waals surface area contributed by atoms with Crippen molar-refractivity contribution in [1.82, 2.24) is 25.2 Å². The highest BCUT2D eigenvalue weighted by Gasteiger charge is 2.32. The number of aromatic nitrogens is 3. The summed E-state index contributed by atoms with van der Waals surface area (Å²) in [4.78, 5) is 22.1. The average molecular weight is 333 g/mol. The first-order chi connectivity index (χ1) is 11.0. The Kier molecular flexibility index (Phi) is 4.39. The molecule has 0 radical (unpaired) electrons. The molecule has 2 heterocycles. The fraction of sp³-hybridized carbons (Fsp3) is 0.562. The van der Waals surface area contributed by atoms with E-state index < -0.39 is 5.54 Å². The average Bonchev–Trinajstić information content (AvgIpc) is 3.17. The lowest BCUT2D eigenvalue weighted by Gasteiger charge is -2.27. The Labute approximate surface area is 140 Å². The van der Waals surface area contributed by atoms with Gasteiger partial charge in [0.1, 0.15) is 5.01 Å². The zero-order chi connectivity index (χ0) is 16.4. The van der Waals surface area contributed by atoms with E-state index in [4.69, 9.17) is 0 Å². The smallest absolute Gasteiger partial charge is 0.315 e. The van der Waals surface area contributed by atoms with Gasteiger partial charge in [0, 0.05) is 23.5 Å². The third kappa shape index (κ3) is 3.55. The van der Waals surface area contributed by atoms with E-state index in [-0.39, 0.29) is 18.1 Å². The SMILES string of the molecule is Cc1cnc(C(C)(C)NC(=O)NC2CCCC2n2ccnc2)s1. The highest BCUT2D eigenvalue weighted by molar-refractivity contribution is 7.11. The molecule has 0 aromatic carbocycles. The molecule has 0 aliphatic heterocycles. The minimum atomic E-state index is -0.480. The van der Waals surface area contributed by atoms with Gasteiger partial charge in [0.25, 0.3) is 0 Å². The number of nitrogens with one attached hydrogen (secondary N) is 2. The van der Waals surface area contributed by atoms with Crippen LogP contribution in [0.3, 0.4) is 0 Å². The molecular formula is C16H23N5OS. The fourth-order valence-corrected chi connectivity index (χ4v) is 3.94. The van der Waals surface area contributed by atoms with E-state index in [0.717, 1.165) is 29.1 Å². The molecule has 0 saturated heterocycles. The van der Waals surface area contributed by atoms with Crippen LogP contribution in [0.5, 0.6) is 0 Å². The van der Waals surface area contributed by atoms with Gasteiger partial charge in [-0.1, -0.05) is 0 Å². The van der Waals surface area contributed by atoms with Gasteiger partial charge in [-0.2, -0.15) is 0 Å². The quantitative estimate of drug-likeness (QED) is 0.903. The molecule has 1 fully saturated rings. The van der Waals surface area contributed by atoms with E-state index in [1.165, 1.54) is 0 Å². The molecule has 2 aromatic heterocycles. The lowest BCUT2D eigenvalue weighted by molar-refractivity contribution is 0.222. The largest absolute Gasteiger partial charge is 0.333 e. The summed E-state index contributed by atoms with van der Waals surface area (Å²) in [5, 5.41) is 7.10. The second kappa shape index (κ2) is 6.31. The topological polar surface area (TPSA) is 71.8 Å². The maximum atomic E-state index is 12.4. The second-order valence-corrected chi connectivity index (χ2v) is 7.85. The van der Waals surface area contributed by atoms with Crippen LogP contribution >= 0.6 is 11.3 Å². The van der Waals surface area contributed by atoms with Crippen molar-refractivity contribution in [1.29, 1.82) is 0 Å². The molecule has 2 unspecified atom stereocenters. The summed E-state index contributed by atoms with van der Waals surface area (Å²) in [6, 6.07) is 0.284. The van der Waals surface area contributed by atoms with Gasteiger partial charge < -0.3 is 15.2 Å². The van der Waals surface area contributed by atoms with Crippen LogP contribution in [-0.4, -0.2) is 26.6 Å². The van der Waals surface area contributed by atoms with E-state index >= 15 is 0 Å². The molecular weight excluding hydrogens is 310 g/mol. The number of hydrogen-bond donors (Lipinski definition) is 2. The van der Waals surface area contributed by atoms with E-state index in [2.05, 4.69) is 25.2 Å². The maximum Gasteiger partial charge on any atom is 0.315 e. The van der Waals surface area contributed by atoms with Crippen LogP contribution in [0, 0.1) is 6.92 Å². The van der Waals surface area contributed by atoms with Crippen molar-refractivity contribution in [2.45, 2.75) is 57.7 Å². The zero-order valence-electron chi connectivity index (χ0n) is 13.7. The predicted molar refractivity (Wildman–Crippen MR) is 90.4 cm³/mol. The summed E-state index contributed by atoms with van der Waals surface area (Å²) in [6.45, 7) is 5.98. The minimum Gasteiger partial charge on any atom is -0.333 e. The van der Waals surface area contributed by atoms with Crippen LogP contribution in [0.25, 0.3) is 0 Å². The van der Waals surface area contributed by atoms with Crippen molar-refractivity contribution in [2.24, 2.45) is 0 Å². The zero-order valence-corrected chi connectivity index (χ0v) is 14.6. The number of nitrogens with zero attached hydrogens (tertiary/aromatic N) is 3. The lowest BCUT2D eigenvalue weighted by atomic mass is 10.1. The highest BCUT2D eigenvalue weighted by Crippen LogP contribution is 2.30. The highest BCUT2D eigenvalue weighted by atomic mass is 32.1. The van der Waals surface area contributed by atoms with Crippen LogP contribution in [0.4, 0.5) is 4.79 Å². The van der Waals surface area contributed by atoms with E-state index in [0.29, 0.717) is 0 Å². The van der Waals surface area contributed by atoms with Crippen LogP contribution in [0.15, 0.2) is 24.9 Å². The van der Waals surface area contributed by atoms with Crippen LogP contribution < -0.4 is 10.6 Å². The molecule has 124 valence electrons. The summed E-state index contributed by atoms with van der Waals surface area (Å²) in [7, 11) is 0. The van der Waals surface area contributed by atoms with Crippen molar-refractivity contribution in [3.63, 3.8) is 0 Å². The molecule has 2 amide bonds. The number of amides is 2. The number of rotatable bonds is 4. The Morgan fingerprint density at radius 2 is 2.26 bits per heavy atom. The molecule has 1 aliphatic carbocycles. The van der Waals surface area contributed by atoms with Crippen molar-refractivity contribution < 1.29 is 4.79 Å². The Bertz CT molecular complexity index is 664. The first kappa shape index (κ1) is 16.0. The van der Waals surface area contributed by atoms with Gasteiger partial charge >= 0.3 is 6.03 Å². The van der Waals surface area contributed by atoms with Gasteiger partial charge in [0.15, 0.2) is 0 Å². The summed E-state index contributed by atoms with van der Waals surface area (Å²) >= 11 is 1.61. The molecule has 23 heavy (non-hydrogen) atoms. The number of urea groups is 1. The first-order valence-electron chi connectivity index (χ1n) is 7.95. The summed E-state index contributed by atoms with van der Waals surface area (Å²) in [5.41, 5.74) is -0.480. The third-order valence-corrected chi connectivity index (χ3v) is 5.52. The van der Waals surface area contributed by atoms with Gasteiger partial charge in [-0.15, -0.1) is 11.3 Å². The molecule has 2 N–H and O–H groups in total. The summed E-state index contributed by atoms with van der Waals surface area (Å²) < 4.78 is 2.09. The number of aryl methyl sites for hydroxylation is 1. The molecule has 3 rings (SSSR count). The molecule has 1 aliphatic rings. The van der Waals surface area contributed by atoms with Crippen molar-refractivity contribution in [3.05, 3.63) is 34.8 Å². The van der Waals surface area contributed by atoms with Gasteiger partial charge in [0.2, 0.25) is 0 Å².